The Balaban J connectivity index is 1.45. The average molecular weight is 384 g/mol. The van der Waals surface area contributed by atoms with E-state index in [-0.39, 0.29) is 11.9 Å². The highest BCUT2D eigenvalue weighted by Crippen LogP contribution is 2.35. The van der Waals surface area contributed by atoms with Crippen LogP contribution in [0.1, 0.15) is 33.7 Å². The number of thioether (sulfide) groups is 1. The Morgan fingerprint density at radius 3 is 2.81 bits per heavy atom. The van der Waals surface area contributed by atoms with Crippen molar-refractivity contribution >= 4 is 17.5 Å². The molecule has 1 atom stereocenters. The monoisotopic (exact) mass is 384 g/mol. The van der Waals surface area contributed by atoms with Gasteiger partial charge in [0.15, 0.2) is 34.4 Å². The van der Waals surface area contributed by atoms with Crippen LogP contribution in [-0.2, 0) is 7.05 Å². The largest absolute Gasteiger partial charge is 0.485 e. The van der Waals surface area contributed by atoms with E-state index in [0.717, 1.165) is 22.7 Å². The van der Waals surface area contributed by atoms with Crippen molar-refractivity contribution < 1.29 is 14.3 Å². The number of aryl methyl sites for hydroxylation is 2. The van der Waals surface area contributed by atoms with E-state index in [9.17, 15) is 4.79 Å². The zero-order valence-corrected chi connectivity index (χ0v) is 16.2. The van der Waals surface area contributed by atoms with E-state index in [2.05, 4.69) is 15.2 Å². The molecule has 0 radical (unpaired) electrons. The van der Waals surface area contributed by atoms with Crippen LogP contribution in [0.5, 0.6) is 11.5 Å². The standard InChI is InChI=1S/C19H20N4O3S/c1-11-8-13(12(2)20-11)14(24)10-27-19-22-21-18(23(19)3)17-9-25-15-6-4-5-7-16(15)26-17/h4-8,17,20H,9-10H2,1-3H3/t17-/m1/s1. The second kappa shape index (κ2) is 7.11. The van der Waals surface area contributed by atoms with E-state index < -0.39 is 0 Å². The summed E-state index contributed by atoms with van der Waals surface area (Å²) >= 11 is 1.37. The smallest absolute Gasteiger partial charge is 0.192 e. The van der Waals surface area contributed by atoms with Crippen LogP contribution in [-0.4, -0.2) is 37.9 Å². The molecule has 140 valence electrons. The van der Waals surface area contributed by atoms with Crippen molar-refractivity contribution in [3.05, 3.63) is 53.1 Å². The molecule has 3 aromatic rings. The van der Waals surface area contributed by atoms with Crippen LogP contribution in [0, 0.1) is 13.8 Å². The highest BCUT2D eigenvalue weighted by Gasteiger charge is 2.27. The fraction of sp³-hybridized carbons (Fsp3) is 0.316. The SMILES string of the molecule is Cc1cc(C(=O)CSc2nnc([C@H]3COc4ccccc4O3)n2C)c(C)[nH]1. The zero-order valence-electron chi connectivity index (χ0n) is 15.4. The molecule has 1 aliphatic heterocycles. The number of rotatable bonds is 5. The molecule has 2 aromatic heterocycles. The summed E-state index contributed by atoms with van der Waals surface area (Å²) in [5.41, 5.74) is 2.60. The van der Waals surface area contributed by atoms with Gasteiger partial charge in [0.1, 0.15) is 6.61 Å². The van der Waals surface area contributed by atoms with Gasteiger partial charge in [-0.3, -0.25) is 4.79 Å². The summed E-state index contributed by atoms with van der Waals surface area (Å²) in [4.78, 5) is 15.6. The maximum atomic E-state index is 12.5. The van der Waals surface area contributed by atoms with E-state index in [1.807, 2.05) is 55.8 Å². The molecule has 7 nitrogen and oxygen atoms in total. The van der Waals surface area contributed by atoms with Gasteiger partial charge in [0, 0.05) is 24.0 Å². The molecule has 0 aliphatic carbocycles. The first-order valence-corrected chi connectivity index (χ1v) is 9.61. The molecule has 8 heteroatoms. The number of Topliss-reactive ketones (excluding diaryl/α,β-unsaturated/α-hetero) is 1. The summed E-state index contributed by atoms with van der Waals surface area (Å²) in [6.45, 7) is 4.22. The van der Waals surface area contributed by atoms with Crippen molar-refractivity contribution in [1.82, 2.24) is 19.7 Å². The first-order chi connectivity index (χ1) is 13.0. The zero-order chi connectivity index (χ0) is 19.0. The number of hydrogen-bond donors (Lipinski definition) is 1. The van der Waals surface area contributed by atoms with Crippen LogP contribution in [0.4, 0.5) is 0 Å². The Labute approximate surface area is 161 Å². The van der Waals surface area contributed by atoms with Crippen molar-refractivity contribution in [2.75, 3.05) is 12.4 Å². The van der Waals surface area contributed by atoms with E-state index in [1.165, 1.54) is 11.8 Å². The van der Waals surface area contributed by atoms with Crippen molar-refractivity contribution in [2.45, 2.75) is 25.1 Å². The quantitative estimate of drug-likeness (QED) is 0.537. The number of nitrogens with zero attached hydrogens (tertiary/aromatic N) is 3. The van der Waals surface area contributed by atoms with Gasteiger partial charge in [-0.2, -0.15) is 0 Å². The van der Waals surface area contributed by atoms with Crippen LogP contribution in [0.3, 0.4) is 0 Å². The van der Waals surface area contributed by atoms with Crippen molar-refractivity contribution in [1.29, 1.82) is 0 Å². The molecule has 27 heavy (non-hydrogen) atoms. The van der Waals surface area contributed by atoms with Crippen LogP contribution < -0.4 is 9.47 Å². The molecular weight excluding hydrogens is 364 g/mol. The predicted octanol–water partition coefficient (Wildman–Crippen LogP) is 3.25. The lowest BCUT2D eigenvalue weighted by Crippen LogP contribution is -2.24. The molecule has 4 rings (SSSR count). The van der Waals surface area contributed by atoms with Crippen molar-refractivity contribution in [3.63, 3.8) is 0 Å². The van der Waals surface area contributed by atoms with Gasteiger partial charge in [-0.15, -0.1) is 10.2 Å². The van der Waals surface area contributed by atoms with Crippen LogP contribution >= 0.6 is 11.8 Å². The summed E-state index contributed by atoms with van der Waals surface area (Å²) < 4.78 is 13.6. The fourth-order valence-corrected chi connectivity index (χ4v) is 3.90. The van der Waals surface area contributed by atoms with Gasteiger partial charge in [-0.1, -0.05) is 23.9 Å². The van der Waals surface area contributed by atoms with Crippen LogP contribution in [0.2, 0.25) is 0 Å². The number of nitrogens with one attached hydrogen (secondary N) is 1. The Morgan fingerprint density at radius 1 is 1.30 bits per heavy atom. The topological polar surface area (TPSA) is 82.0 Å². The molecule has 1 aliphatic rings. The Kier molecular flexibility index (Phi) is 4.65. The maximum Gasteiger partial charge on any atom is 0.192 e. The number of aromatic nitrogens is 4. The first kappa shape index (κ1) is 17.7. The Morgan fingerprint density at radius 2 is 2.07 bits per heavy atom. The van der Waals surface area contributed by atoms with Gasteiger partial charge in [0.25, 0.3) is 0 Å². The first-order valence-electron chi connectivity index (χ1n) is 8.63. The normalized spacial score (nSPS) is 15.7. The van der Waals surface area contributed by atoms with Crippen LogP contribution in [0.25, 0.3) is 0 Å². The van der Waals surface area contributed by atoms with E-state index in [4.69, 9.17) is 9.47 Å². The van der Waals surface area contributed by atoms with Gasteiger partial charge >= 0.3 is 0 Å². The van der Waals surface area contributed by atoms with Gasteiger partial charge < -0.3 is 19.0 Å². The third-order valence-electron chi connectivity index (χ3n) is 4.45. The predicted molar refractivity (Wildman–Crippen MR) is 102 cm³/mol. The van der Waals surface area contributed by atoms with E-state index in [0.29, 0.717) is 29.1 Å². The molecule has 0 saturated heterocycles. The number of fused-ring (bicyclic) bond motifs is 1. The number of carbonyl (C=O) groups excluding carboxylic acids is 1. The number of benzene rings is 1. The third kappa shape index (κ3) is 3.44. The second-order valence-corrected chi connectivity index (χ2v) is 7.41. The maximum absolute atomic E-state index is 12.5. The Hall–Kier alpha value is -2.74. The molecule has 1 N–H and O–H groups in total. The average Bonchev–Trinajstić information content (AvgIpc) is 3.20. The number of carbonyl (C=O) groups is 1. The van der Waals surface area contributed by atoms with Gasteiger partial charge in [-0.05, 0) is 32.0 Å². The molecule has 3 heterocycles. The summed E-state index contributed by atoms with van der Waals surface area (Å²) in [7, 11) is 1.87. The third-order valence-corrected chi connectivity index (χ3v) is 5.47. The summed E-state index contributed by atoms with van der Waals surface area (Å²) in [5.74, 6) is 2.47. The molecule has 1 aromatic carbocycles. The minimum atomic E-state index is -0.336. The molecule has 0 saturated carbocycles. The number of H-pyrrole nitrogens is 1. The lowest BCUT2D eigenvalue weighted by molar-refractivity contribution is 0.0825. The van der Waals surface area contributed by atoms with E-state index in [1.54, 1.807) is 0 Å². The number of para-hydroxylation sites is 2. The number of ketones is 1. The van der Waals surface area contributed by atoms with Crippen LogP contribution in [0.15, 0.2) is 35.5 Å². The van der Waals surface area contributed by atoms with Crippen molar-refractivity contribution in [3.8, 4) is 11.5 Å². The Bertz CT molecular complexity index is 995. The minimum Gasteiger partial charge on any atom is -0.485 e. The minimum absolute atomic E-state index is 0.0672. The molecule has 0 spiro atoms. The molecule has 0 bridgehead atoms. The van der Waals surface area contributed by atoms with Gasteiger partial charge in [-0.25, -0.2) is 0 Å². The molecular formula is C19H20N4O3S. The second-order valence-electron chi connectivity index (χ2n) is 6.47. The number of aromatic amines is 1. The lowest BCUT2D eigenvalue weighted by atomic mass is 10.2. The molecule has 0 amide bonds. The molecule has 0 fully saturated rings. The summed E-state index contributed by atoms with van der Waals surface area (Å²) in [6.07, 6.45) is -0.336. The lowest BCUT2D eigenvalue weighted by Gasteiger charge is -2.25. The summed E-state index contributed by atoms with van der Waals surface area (Å²) in [5, 5.41) is 9.15. The summed E-state index contributed by atoms with van der Waals surface area (Å²) in [6, 6.07) is 9.43. The highest BCUT2D eigenvalue weighted by molar-refractivity contribution is 7.99. The van der Waals surface area contributed by atoms with Crippen molar-refractivity contribution in [2.24, 2.45) is 7.05 Å². The molecule has 0 unspecified atom stereocenters. The highest BCUT2D eigenvalue weighted by atomic mass is 32.2. The fourth-order valence-electron chi connectivity index (χ4n) is 3.10. The van der Waals surface area contributed by atoms with E-state index >= 15 is 0 Å². The van der Waals surface area contributed by atoms with Gasteiger partial charge in [0.05, 0.1) is 5.75 Å². The van der Waals surface area contributed by atoms with Gasteiger partial charge in [0.2, 0.25) is 0 Å². The number of hydrogen-bond acceptors (Lipinski definition) is 6. The number of ether oxygens (including phenoxy) is 2.